The highest BCUT2D eigenvalue weighted by atomic mass is 16.4. The van der Waals surface area contributed by atoms with E-state index in [-0.39, 0.29) is 24.4 Å². The first-order valence-corrected chi connectivity index (χ1v) is 13.7. The Labute approximate surface area is 209 Å². The van der Waals surface area contributed by atoms with Crippen LogP contribution in [0.4, 0.5) is 0 Å². The summed E-state index contributed by atoms with van der Waals surface area (Å²) in [7, 11) is 0. The van der Waals surface area contributed by atoms with Gasteiger partial charge in [0, 0.05) is 18.4 Å². The molecule has 4 aliphatic carbocycles. The minimum absolute atomic E-state index is 0.0568. The number of hydrogen-bond acceptors (Lipinski definition) is 8. The van der Waals surface area contributed by atoms with E-state index in [1.807, 2.05) is 20.8 Å². The van der Waals surface area contributed by atoms with Crippen LogP contribution in [0.15, 0.2) is 0 Å². The topological polar surface area (TPSA) is 162 Å². The predicted molar refractivity (Wildman–Crippen MR) is 129 cm³/mol. The van der Waals surface area contributed by atoms with Crippen molar-refractivity contribution in [3.63, 3.8) is 0 Å². The van der Waals surface area contributed by atoms with Crippen molar-refractivity contribution in [2.75, 3.05) is 6.61 Å². The van der Waals surface area contributed by atoms with Crippen molar-refractivity contribution < 1.29 is 40.9 Å². The van der Waals surface area contributed by atoms with Gasteiger partial charge in [-0.15, -0.1) is 0 Å². The van der Waals surface area contributed by atoms with Crippen LogP contribution in [0, 0.1) is 46.3 Å². The normalized spacial score (nSPS) is 55.5. The summed E-state index contributed by atoms with van der Waals surface area (Å²) < 4.78 is 0. The lowest BCUT2D eigenvalue weighted by Crippen LogP contribution is -2.76. The fraction of sp³-hybridized carbons (Fsp3) is 1.00. The Morgan fingerprint density at radius 3 is 2.06 bits per heavy atom. The van der Waals surface area contributed by atoms with Crippen molar-refractivity contribution >= 4 is 0 Å². The van der Waals surface area contributed by atoms with Gasteiger partial charge in [-0.3, -0.25) is 0 Å². The summed E-state index contributed by atoms with van der Waals surface area (Å²) >= 11 is 0. The van der Waals surface area contributed by atoms with Gasteiger partial charge >= 0.3 is 0 Å². The molecule has 0 amide bonds. The molecule has 0 aromatic carbocycles. The third kappa shape index (κ3) is 3.85. The molecule has 0 unspecified atom stereocenters. The summed E-state index contributed by atoms with van der Waals surface area (Å²) in [6.45, 7) is 8.11. The Kier molecular flexibility index (Phi) is 7.48. The summed E-state index contributed by atoms with van der Waals surface area (Å²) in [6.07, 6.45) is -3.02. The van der Waals surface area contributed by atoms with Gasteiger partial charge in [-0.1, -0.05) is 40.5 Å². The van der Waals surface area contributed by atoms with Crippen LogP contribution in [0.25, 0.3) is 0 Å². The molecule has 0 heterocycles. The number of aliphatic hydroxyl groups excluding tert-OH is 7. The second-order valence-corrected chi connectivity index (χ2v) is 13.2. The third-order valence-corrected chi connectivity index (χ3v) is 11.3. The summed E-state index contributed by atoms with van der Waals surface area (Å²) in [5, 5.41) is 88.0. The Hall–Kier alpha value is -0.320. The standard InChI is InChI=1S/C27H48O8/c1-13(12-28)6-5-7-14(2)17-20(31)22(33)23-26(17,4)11-9-16-25(3)10-8-15(29)19(30)18(25)21(32)24(34)27(16,23)35/h13-24,28-35H,5-12H2,1-4H3/t13-,14+,15-,16+,17-,18+,19-,20+,21-,22+,23+,24+,25+,26+,27-/m0/s1. The molecule has 15 atom stereocenters. The SMILES string of the molecule is C[C@H](CO)CCC[C@@H](C)[C@H]1[C@@H](O)[C@@H](O)[C@@H]2[C@]1(C)CC[C@@H]1[C@@]3(C)CC[C@H](O)[C@H](O)[C@@H]3[C@H](O)[C@@H](O)[C@]12O. The van der Waals surface area contributed by atoms with Crippen LogP contribution in [0.2, 0.25) is 0 Å². The van der Waals surface area contributed by atoms with Crippen molar-refractivity contribution in [2.45, 2.75) is 115 Å². The van der Waals surface area contributed by atoms with Gasteiger partial charge in [-0.2, -0.15) is 0 Å². The van der Waals surface area contributed by atoms with Crippen LogP contribution in [0.1, 0.15) is 72.6 Å². The van der Waals surface area contributed by atoms with Gasteiger partial charge in [0.1, 0.15) is 11.7 Å². The zero-order valence-electron chi connectivity index (χ0n) is 21.7. The molecule has 4 fully saturated rings. The van der Waals surface area contributed by atoms with Crippen LogP contribution in [-0.4, -0.2) is 89.7 Å². The van der Waals surface area contributed by atoms with Crippen molar-refractivity contribution in [1.29, 1.82) is 0 Å². The van der Waals surface area contributed by atoms with Crippen LogP contribution in [0.5, 0.6) is 0 Å². The van der Waals surface area contributed by atoms with Crippen molar-refractivity contribution in [3.8, 4) is 0 Å². The summed E-state index contributed by atoms with van der Waals surface area (Å²) in [4.78, 5) is 0. The zero-order chi connectivity index (χ0) is 26.1. The van der Waals surface area contributed by atoms with Gasteiger partial charge in [-0.25, -0.2) is 0 Å². The molecule has 0 aliphatic heterocycles. The first-order chi connectivity index (χ1) is 16.3. The number of fused-ring (bicyclic) bond motifs is 5. The monoisotopic (exact) mass is 500 g/mol. The Bertz CT molecular complexity index is 765. The van der Waals surface area contributed by atoms with E-state index in [4.69, 9.17) is 0 Å². The van der Waals surface area contributed by atoms with Crippen molar-refractivity contribution in [3.05, 3.63) is 0 Å². The second kappa shape index (κ2) is 9.45. The number of aliphatic hydroxyl groups is 8. The fourth-order valence-corrected chi connectivity index (χ4v) is 9.61. The van der Waals surface area contributed by atoms with Gasteiger partial charge < -0.3 is 40.9 Å². The van der Waals surface area contributed by atoms with Crippen molar-refractivity contribution in [2.24, 2.45) is 46.3 Å². The summed E-state index contributed by atoms with van der Waals surface area (Å²) in [5.41, 5.74) is -3.22. The minimum Gasteiger partial charge on any atom is -0.396 e. The van der Waals surface area contributed by atoms with Gasteiger partial charge in [0.25, 0.3) is 0 Å². The molecule has 4 aliphatic rings. The van der Waals surface area contributed by atoms with Crippen LogP contribution >= 0.6 is 0 Å². The maximum atomic E-state index is 12.3. The van der Waals surface area contributed by atoms with Crippen LogP contribution in [0.3, 0.4) is 0 Å². The molecule has 0 radical (unpaired) electrons. The lowest BCUT2D eigenvalue weighted by atomic mass is 9.40. The first-order valence-electron chi connectivity index (χ1n) is 13.7. The molecule has 0 aromatic rings. The van der Waals surface area contributed by atoms with E-state index in [0.717, 1.165) is 19.3 Å². The zero-order valence-corrected chi connectivity index (χ0v) is 21.7. The molecule has 8 heteroatoms. The lowest BCUT2D eigenvalue weighted by Gasteiger charge is -2.67. The average Bonchev–Trinajstić information content (AvgIpc) is 3.00. The highest BCUT2D eigenvalue weighted by Crippen LogP contribution is 2.69. The molecule has 0 spiro atoms. The van der Waals surface area contributed by atoms with E-state index in [0.29, 0.717) is 25.7 Å². The maximum Gasteiger partial charge on any atom is 0.110 e. The van der Waals surface area contributed by atoms with E-state index >= 15 is 0 Å². The second-order valence-electron chi connectivity index (χ2n) is 13.2. The Balaban J connectivity index is 1.67. The molecule has 8 nitrogen and oxygen atoms in total. The Morgan fingerprint density at radius 1 is 0.800 bits per heavy atom. The quantitative estimate of drug-likeness (QED) is 0.260. The van der Waals surface area contributed by atoms with E-state index in [2.05, 4.69) is 6.92 Å². The first kappa shape index (κ1) is 27.7. The molecule has 204 valence electrons. The highest BCUT2D eigenvalue weighted by Gasteiger charge is 2.76. The maximum absolute atomic E-state index is 12.3. The van der Waals surface area contributed by atoms with E-state index < -0.39 is 70.8 Å². The molecule has 35 heavy (non-hydrogen) atoms. The number of hydrogen-bond donors (Lipinski definition) is 8. The third-order valence-electron chi connectivity index (χ3n) is 11.3. The van der Waals surface area contributed by atoms with E-state index in [1.165, 1.54) is 0 Å². The van der Waals surface area contributed by atoms with Gasteiger partial charge in [0.05, 0.1) is 30.5 Å². The molecule has 0 saturated heterocycles. The van der Waals surface area contributed by atoms with E-state index in [1.54, 1.807) is 0 Å². The molecule has 0 bridgehead atoms. The molecular weight excluding hydrogens is 452 g/mol. The molecule has 8 N–H and O–H groups in total. The van der Waals surface area contributed by atoms with Gasteiger partial charge in [0.2, 0.25) is 0 Å². The summed E-state index contributed by atoms with van der Waals surface area (Å²) in [6, 6.07) is 0. The lowest BCUT2D eigenvalue weighted by molar-refractivity contribution is -0.322. The Morgan fingerprint density at radius 2 is 1.43 bits per heavy atom. The summed E-state index contributed by atoms with van der Waals surface area (Å²) in [5.74, 6) is -2.15. The largest absolute Gasteiger partial charge is 0.396 e. The van der Waals surface area contributed by atoms with Crippen molar-refractivity contribution in [1.82, 2.24) is 0 Å². The predicted octanol–water partition coefficient (Wildman–Crippen LogP) is 0.410. The molecule has 0 aromatic heterocycles. The molecule has 4 saturated carbocycles. The molecule has 4 rings (SSSR count). The van der Waals surface area contributed by atoms with Crippen LogP contribution in [-0.2, 0) is 0 Å². The average molecular weight is 501 g/mol. The van der Waals surface area contributed by atoms with Gasteiger partial charge in [0.15, 0.2) is 0 Å². The smallest absolute Gasteiger partial charge is 0.110 e. The van der Waals surface area contributed by atoms with Crippen LogP contribution < -0.4 is 0 Å². The molecular formula is C27H48O8. The van der Waals surface area contributed by atoms with Gasteiger partial charge in [-0.05, 0) is 66.6 Å². The minimum atomic E-state index is -1.83. The number of rotatable bonds is 6. The fourth-order valence-electron chi connectivity index (χ4n) is 9.61. The highest BCUT2D eigenvalue weighted by molar-refractivity contribution is 5.25. The van der Waals surface area contributed by atoms with E-state index in [9.17, 15) is 40.9 Å².